The van der Waals surface area contributed by atoms with E-state index < -0.39 is 11.5 Å². The molecule has 0 atom stereocenters. The molecule has 3 rings (SSSR count). The van der Waals surface area contributed by atoms with Gasteiger partial charge in [0.25, 0.3) is 5.56 Å². The highest BCUT2D eigenvalue weighted by Gasteiger charge is 2.21. The Morgan fingerprint density at radius 3 is 2.57 bits per heavy atom. The van der Waals surface area contributed by atoms with Crippen LogP contribution in [0, 0.1) is 0 Å². The maximum Gasteiger partial charge on any atom is 0.343 e. The Morgan fingerprint density at radius 1 is 1.22 bits per heavy atom. The number of nitrogens with two attached hydrogens (primary N) is 1. The summed E-state index contributed by atoms with van der Waals surface area (Å²) in [5.74, 6) is -0.987. The van der Waals surface area contributed by atoms with Gasteiger partial charge in [-0.1, -0.05) is 30.3 Å². The molecule has 6 nitrogen and oxygen atoms in total. The normalized spacial score (nSPS) is 10.7. The molecule has 3 N–H and O–H groups in total. The van der Waals surface area contributed by atoms with Crippen LogP contribution in [0.2, 0.25) is 0 Å². The molecule has 7 heteroatoms. The molecule has 0 unspecified atom stereocenters. The van der Waals surface area contributed by atoms with Crippen LogP contribution in [0.25, 0.3) is 10.2 Å². The van der Waals surface area contributed by atoms with Crippen molar-refractivity contribution in [2.45, 2.75) is 0 Å². The van der Waals surface area contributed by atoms with Crippen molar-refractivity contribution in [2.24, 2.45) is 0 Å². The van der Waals surface area contributed by atoms with Crippen molar-refractivity contribution < 1.29 is 14.3 Å². The number of hydrogen-bond acceptors (Lipinski definition) is 6. The Balaban J connectivity index is 2.18. The van der Waals surface area contributed by atoms with Crippen molar-refractivity contribution in [3.63, 3.8) is 0 Å². The van der Waals surface area contributed by atoms with Gasteiger partial charge in [-0.15, -0.1) is 11.3 Å². The van der Waals surface area contributed by atoms with Crippen LogP contribution in [-0.2, 0) is 4.74 Å². The molecule has 0 aliphatic heterocycles. The average Bonchev–Trinajstić information content (AvgIpc) is 2.89. The second kappa shape index (κ2) is 5.69. The van der Waals surface area contributed by atoms with Crippen molar-refractivity contribution in [3.8, 4) is 0 Å². The van der Waals surface area contributed by atoms with Crippen molar-refractivity contribution >= 4 is 39.0 Å². The van der Waals surface area contributed by atoms with E-state index in [9.17, 15) is 14.4 Å². The van der Waals surface area contributed by atoms with Crippen molar-refractivity contribution in [1.29, 1.82) is 0 Å². The number of anilines is 1. The number of aromatic nitrogens is 1. The topological polar surface area (TPSA) is 102 Å². The molecule has 0 saturated heterocycles. The number of nitrogens with one attached hydrogen (secondary N) is 1. The summed E-state index contributed by atoms with van der Waals surface area (Å²) in [7, 11) is 1.19. The molecule has 2 aromatic heterocycles. The summed E-state index contributed by atoms with van der Waals surface area (Å²) in [4.78, 5) is 39.4. The Bertz CT molecular complexity index is 973. The van der Waals surface area contributed by atoms with Gasteiger partial charge in [-0.25, -0.2) is 4.79 Å². The number of thiophene rings is 1. The van der Waals surface area contributed by atoms with Crippen LogP contribution in [0.5, 0.6) is 0 Å². The van der Waals surface area contributed by atoms with Crippen LogP contribution in [0.15, 0.2) is 41.2 Å². The van der Waals surface area contributed by atoms with Crippen molar-refractivity contribution in [2.75, 3.05) is 12.8 Å². The second-order valence-corrected chi connectivity index (χ2v) is 5.81. The number of ketones is 1. The number of nitrogen functional groups attached to an aromatic ring is 1. The summed E-state index contributed by atoms with van der Waals surface area (Å²) < 4.78 is 4.57. The number of carbonyl (C=O) groups excluding carboxylic acids is 2. The van der Waals surface area contributed by atoms with E-state index in [-0.39, 0.29) is 17.0 Å². The Kier molecular flexibility index (Phi) is 3.71. The third kappa shape index (κ3) is 2.51. The van der Waals surface area contributed by atoms with Gasteiger partial charge in [0.2, 0.25) is 5.78 Å². The third-order valence-corrected chi connectivity index (χ3v) is 4.53. The maximum atomic E-state index is 12.5. The SMILES string of the molecule is COC(=O)c1cc2c(N)c(C(=O)c3ccccc3)sc2[nH]c1=O. The lowest BCUT2D eigenvalue weighted by molar-refractivity contribution is 0.0599. The van der Waals surface area contributed by atoms with Gasteiger partial charge in [0.1, 0.15) is 15.3 Å². The molecule has 0 fully saturated rings. The molecule has 3 aromatic rings. The lowest BCUT2D eigenvalue weighted by atomic mass is 10.1. The third-order valence-electron chi connectivity index (χ3n) is 3.39. The number of aromatic amines is 1. The fourth-order valence-electron chi connectivity index (χ4n) is 2.22. The average molecular weight is 328 g/mol. The summed E-state index contributed by atoms with van der Waals surface area (Å²) in [5, 5.41) is 0.453. The minimum Gasteiger partial charge on any atom is -0.465 e. The molecule has 116 valence electrons. The zero-order valence-corrected chi connectivity index (χ0v) is 12.9. The Labute approximate surface area is 134 Å². The number of rotatable bonds is 3. The van der Waals surface area contributed by atoms with Crippen LogP contribution in [0.4, 0.5) is 5.69 Å². The predicted molar refractivity (Wildman–Crippen MR) is 88.1 cm³/mol. The van der Waals surface area contributed by atoms with Gasteiger partial charge in [0.05, 0.1) is 12.8 Å². The molecular weight excluding hydrogens is 316 g/mol. The number of fused-ring (bicyclic) bond motifs is 1. The summed E-state index contributed by atoms with van der Waals surface area (Å²) in [5.41, 5.74) is 6.06. The molecular formula is C16H12N2O4S. The molecule has 1 aromatic carbocycles. The molecule has 0 bridgehead atoms. The largest absolute Gasteiger partial charge is 0.465 e. The zero-order valence-electron chi connectivity index (χ0n) is 12.1. The van der Waals surface area contributed by atoms with E-state index >= 15 is 0 Å². The van der Waals surface area contributed by atoms with E-state index in [2.05, 4.69) is 9.72 Å². The van der Waals surface area contributed by atoms with Gasteiger partial charge in [-0.05, 0) is 6.07 Å². The Morgan fingerprint density at radius 2 is 1.91 bits per heavy atom. The first-order chi connectivity index (χ1) is 11.0. The lowest BCUT2D eigenvalue weighted by Gasteiger charge is -2.00. The minimum atomic E-state index is -0.755. The first kappa shape index (κ1) is 15.0. The summed E-state index contributed by atoms with van der Waals surface area (Å²) in [6.45, 7) is 0. The molecule has 0 aliphatic rings. The summed E-state index contributed by atoms with van der Waals surface area (Å²) >= 11 is 1.09. The van der Waals surface area contributed by atoms with Gasteiger partial charge in [-0.2, -0.15) is 0 Å². The monoisotopic (exact) mass is 328 g/mol. The van der Waals surface area contributed by atoms with Gasteiger partial charge in [-0.3, -0.25) is 9.59 Å². The minimum absolute atomic E-state index is 0.150. The highest BCUT2D eigenvalue weighted by molar-refractivity contribution is 7.21. The zero-order chi connectivity index (χ0) is 16.6. The van der Waals surface area contributed by atoms with E-state index in [1.807, 2.05) is 6.07 Å². The van der Waals surface area contributed by atoms with Gasteiger partial charge >= 0.3 is 5.97 Å². The van der Waals surface area contributed by atoms with Crippen molar-refractivity contribution in [1.82, 2.24) is 4.98 Å². The predicted octanol–water partition coefficient (Wildman–Crippen LogP) is 2.19. The van der Waals surface area contributed by atoms with E-state index in [0.717, 1.165) is 11.3 Å². The molecule has 0 amide bonds. The molecule has 2 heterocycles. The van der Waals surface area contributed by atoms with E-state index in [4.69, 9.17) is 5.73 Å². The highest BCUT2D eigenvalue weighted by Crippen LogP contribution is 2.33. The van der Waals surface area contributed by atoms with Crippen LogP contribution in [-0.4, -0.2) is 23.8 Å². The van der Waals surface area contributed by atoms with Crippen LogP contribution < -0.4 is 11.3 Å². The molecule has 0 aliphatic carbocycles. The van der Waals surface area contributed by atoms with E-state index in [0.29, 0.717) is 20.7 Å². The number of hydrogen-bond donors (Lipinski definition) is 2. The lowest BCUT2D eigenvalue weighted by Crippen LogP contribution is -2.18. The van der Waals surface area contributed by atoms with Crippen LogP contribution in [0.3, 0.4) is 0 Å². The van der Waals surface area contributed by atoms with Crippen molar-refractivity contribution in [3.05, 3.63) is 62.8 Å². The number of H-pyrrole nitrogens is 1. The number of ether oxygens (including phenoxy) is 1. The first-order valence-corrected chi connectivity index (χ1v) is 7.48. The number of carbonyl (C=O) groups is 2. The quantitative estimate of drug-likeness (QED) is 0.567. The van der Waals surface area contributed by atoms with Gasteiger partial charge in [0, 0.05) is 10.9 Å². The summed E-state index contributed by atoms with van der Waals surface area (Å²) in [6.07, 6.45) is 0. The fourth-order valence-corrected chi connectivity index (χ4v) is 3.28. The number of methoxy groups -OCH3 is 1. The number of pyridine rings is 1. The summed E-state index contributed by atoms with van der Waals surface area (Å²) in [6, 6.07) is 10.1. The van der Waals surface area contributed by atoms with E-state index in [1.165, 1.54) is 13.2 Å². The van der Waals surface area contributed by atoms with Gasteiger partial charge in [0.15, 0.2) is 0 Å². The molecule has 0 saturated carbocycles. The molecule has 0 spiro atoms. The number of benzene rings is 1. The standard InChI is InChI=1S/C16H12N2O4S/c1-22-16(21)10-7-9-11(17)13(23-15(9)18-14(10)20)12(19)8-5-3-2-4-6-8/h2-7H,17H2,1H3,(H,18,20). The van der Waals surface area contributed by atoms with E-state index in [1.54, 1.807) is 24.3 Å². The highest BCUT2D eigenvalue weighted by atomic mass is 32.1. The van der Waals surface area contributed by atoms with Crippen LogP contribution >= 0.6 is 11.3 Å². The second-order valence-electron chi connectivity index (χ2n) is 4.79. The fraction of sp³-hybridized carbons (Fsp3) is 0.0625. The van der Waals surface area contributed by atoms with Gasteiger partial charge < -0.3 is 15.5 Å². The molecule has 0 radical (unpaired) electrons. The molecule has 23 heavy (non-hydrogen) atoms. The van der Waals surface area contributed by atoms with Crippen LogP contribution in [0.1, 0.15) is 25.6 Å². The Hall–Kier alpha value is -2.93. The smallest absolute Gasteiger partial charge is 0.343 e. The first-order valence-electron chi connectivity index (χ1n) is 6.66. The number of esters is 1. The maximum absolute atomic E-state index is 12.5.